The minimum Gasteiger partial charge on any atom is -0.490 e. The number of aromatic nitrogens is 2. The predicted molar refractivity (Wildman–Crippen MR) is 74.0 cm³/mol. The van der Waals surface area contributed by atoms with E-state index >= 15 is 0 Å². The van der Waals surface area contributed by atoms with Gasteiger partial charge in [0.1, 0.15) is 18.1 Å². The fourth-order valence-corrected chi connectivity index (χ4v) is 1.84. The molecule has 0 atom stereocenters. The van der Waals surface area contributed by atoms with E-state index in [1.165, 1.54) is 0 Å². The summed E-state index contributed by atoms with van der Waals surface area (Å²) in [6.45, 7) is 0.776. The highest BCUT2D eigenvalue weighted by molar-refractivity contribution is 9.10. The molecule has 0 fully saturated rings. The number of ether oxygens (including phenoxy) is 1. The Balaban J connectivity index is 1.77. The molecule has 98 valence electrons. The summed E-state index contributed by atoms with van der Waals surface area (Å²) in [4.78, 5) is 19.7. The van der Waals surface area contributed by atoms with Gasteiger partial charge in [0.15, 0.2) is 0 Å². The number of carbonyl (C=O) groups excluding carboxylic acids is 1. The second kappa shape index (κ2) is 6.84. The number of carbonyl (C=O) groups is 1. The molecule has 0 aliphatic rings. The third-order valence-electron chi connectivity index (χ3n) is 2.26. The SMILES string of the molecule is O=C(NCCOc1cccnc1)c1ncccc1Br. The molecule has 2 rings (SSSR count). The monoisotopic (exact) mass is 321 g/mol. The van der Waals surface area contributed by atoms with Crippen molar-refractivity contribution in [3.8, 4) is 5.75 Å². The lowest BCUT2D eigenvalue weighted by Gasteiger charge is -2.07. The summed E-state index contributed by atoms with van der Waals surface area (Å²) in [6.07, 6.45) is 4.87. The van der Waals surface area contributed by atoms with Crippen LogP contribution >= 0.6 is 15.9 Å². The third kappa shape index (κ3) is 4.03. The quantitative estimate of drug-likeness (QED) is 0.856. The van der Waals surface area contributed by atoms with Gasteiger partial charge in [0.2, 0.25) is 0 Å². The van der Waals surface area contributed by atoms with Crippen LogP contribution in [-0.2, 0) is 0 Å². The average molecular weight is 322 g/mol. The molecule has 0 aliphatic heterocycles. The number of hydrogen-bond donors (Lipinski definition) is 1. The molecular weight excluding hydrogens is 310 g/mol. The second-order valence-electron chi connectivity index (χ2n) is 3.63. The molecule has 0 aliphatic carbocycles. The molecule has 0 radical (unpaired) electrons. The number of hydrogen-bond acceptors (Lipinski definition) is 4. The average Bonchev–Trinajstić information content (AvgIpc) is 2.45. The first-order valence-corrected chi connectivity index (χ1v) is 6.48. The first-order chi connectivity index (χ1) is 9.27. The van der Waals surface area contributed by atoms with Crippen molar-refractivity contribution < 1.29 is 9.53 Å². The van der Waals surface area contributed by atoms with Crippen LogP contribution in [0, 0.1) is 0 Å². The summed E-state index contributed by atoms with van der Waals surface area (Å²) < 4.78 is 6.08. The molecule has 0 saturated heterocycles. The van der Waals surface area contributed by atoms with Crippen molar-refractivity contribution in [1.29, 1.82) is 0 Å². The van der Waals surface area contributed by atoms with Crippen LogP contribution in [0.3, 0.4) is 0 Å². The largest absolute Gasteiger partial charge is 0.490 e. The van der Waals surface area contributed by atoms with Crippen LogP contribution in [0.1, 0.15) is 10.5 Å². The number of nitrogens with zero attached hydrogens (tertiary/aromatic N) is 2. The minimum absolute atomic E-state index is 0.234. The second-order valence-corrected chi connectivity index (χ2v) is 4.48. The fraction of sp³-hybridized carbons (Fsp3) is 0.154. The first-order valence-electron chi connectivity index (χ1n) is 5.69. The van der Waals surface area contributed by atoms with Gasteiger partial charge in [0.25, 0.3) is 5.91 Å². The molecule has 0 saturated carbocycles. The normalized spacial score (nSPS) is 9.95. The van der Waals surface area contributed by atoms with Crippen molar-refractivity contribution in [2.24, 2.45) is 0 Å². The summed E-state index contributed by atoms with van der Waals surface area (Å²) >= 11 is 3.28. The van der Waals surface area contributed by atoms with Gasteiger partial charge in [-0.3, -0.25) is 9.78 Å². The molecule has 1 N–H and O–H groups in total. The zero-order valence-corrected chi connectivity index (χ0v) is 11.6. The molecule has 6 heteroatoms. The standard InChI is InChI=1S/C13H12BrN3O2/c14-11-4-2-6-16-12(11)13(18)17-7-8-19-10-3-1-5-15-9-10/h1-6,9H,7-8H2,(H,17,18). The van der Waals surface area contributed by atoms with Crippen LogP contribution in [0.4, 0.5) is 0 Å². The van der Waals surface area contributed by atoms with Gasteiger partial charge >= 0.3 is 0 Å². The van der Waals surface area contributed by atoms with E-state index in [9.17, 15) is 4.79 Å². The summed E-state index contributed by atoms with van der Waals surface area (Å²) in [5, 5.41) is 2.73. The van der Waals surface area contributed by atoms with Crippen LogP contribution in [0.2, 0.25) is 0 Å². The van der Waals surface area contributed by atoms with Crippen LogP contribution < -0.4 is 10.1 Å². The zero-order valence-electron chi connectivity index (χ0n) is 10.0. The van der Waals surface area contributed by atoms with Gasteiger partial charge in [0.05, 0.1) is 12.7 Å². The van der Waals surface area contributed by atoms with Gasteiger partial charge < -0.3 is 10.1 Å². The highest BCUT2D eigenvalue weighted by Gasteiger charge is 2.09. The van der Waals surface area contributed by atoms with Crippen molar-refractivity contribution in [2.45, 2.75) is 0 Å². The summed E-state index contributed by atoms with van der Waals surface area (Å²) in [5.74, 6) is 0.443. The molecule has 2 aromatic heterocycles. The van der Waals surface area contributed by atoms with E-state index < -0.39 is 0 Å². The smallest absolute Gasteiger partial charge is 0.271 e. The van der Waals surface area contributed by atoms with Crippen LogP contribution in [0.5, 0.6) is 5.75 Å². The Hall–Kier alpha value is -1.95. The van der Waals surface area contributed by atoms with Gasteiger partial charge in [-0.2, -0.15) is 0 Å². The Morgan fingerprint density at radius 1 is 1.32 bits per heavy atom. The Morgan fingerprint density at radius 3 is 2.89 bits per heavy atom. The Labute approximate surface area is 119 Å². The van der Waals surface area contributed by atoms with Crippen molar-refractivity contribution in [3.63, 3.8) is 0 Å². The fourth-order valence-electron chi connectivity index (χ4n) is 1.40. The number of rotatable bonds is 5. The van der Waals surface area contributed by atoms with Gasteiger partial charge in [0, 0.05) is 16.9 Å². The lowest BCUT2D eigenvalue weighted by Crippen LogP contribution is -2.29. The lowest BCUT2D eigenvalue weighted by molar-refractivity contribution is 0.0941. The van der Waals surface area contributed by atoms with E-state index in [1.807, 2.05) is 6.07 Å². The topological polar surface area (TPSA) is 64.1 Å². The highest BCUT2D eigenvalue weighted by atomic mass is 79.9. The van der Waals surface area contributed by atoms with Crippen LogP contribution in [0.25, 0.3) is 0 Å². The summed E-state index contributed by atoms with van der Waals surface area (Å²) in [6, 6.07) is 7.13. The van der Waals surface area contributed by atoms with Gasteiger partial charge in [-0.1, -0.05) is 0 Å². The van der Waals surface area contributed by atoms with E-state index in [0.717, 1.165) is 0 Å². The van der Waals surface area contributed by atoms with Gasteiger partial charge in [-0.25, -0.2) is 4.98 Å². The lowest BCUT2D eigenvalue weighted by atomic mass is 10.3. The molecule has 0 aromatic carbocycles. The highest BCUT2D eigenvalue weighted by Crippen LogP contribution is 2.12. The van der Waals surface area contributed by atoms with E-state index in [4.69, 9.17) is 4.74 Å². The Kier molecular flexibility index (Phi) is 4.85. The van der Waals surface area contributed by atoms with E-state index in [2.05, 4.69) is 31.2 Å². The van der Waals surface area contributed by atoms with Crippen molar-refractivity contribution in [3.05, 3.63) is 53.0 Å². The Morgan fingerprint density at radius 2 is 2.16 bits per heavy atom. The van der Waals surface area contributed by atoms with Crippen LogP contribution in [-0.4, -0.2) is 29.0 Å². The van der Waals surface area contributed by atoms with Gasteiger partial charge in [-0.05, 0) is 40.2 Å². The molecule has 2 heterocycles. The molecule has 0 bridgehead atoms. The molecule has 5 nitrogen and oxygen atoms in total. The maximum Gasteiger partial charge on any atom is 0.271 e. The first kappa shape index (κ1) is 13.5. The van der Waals surface area contributed by atoms with E-state index in [-0.39, 0.29) is 5.91 Å². The maximum absolute atomic E-state index is 11.8. The number of amides is 1. The van der Waals surface area contributed by atoms with Crippen molar-refractivity contribution in [2.75, 3.05) is 13.2 Å². The molecule has 19 heavy (non-hydrogen) atoms. The third-order valence-corrected chi connectivity index (χ3v) is 2.90. The van der Waals surface area contributed by atoms with E-state index in [1.54, 1.807) is 36.8 Å². The predicted octanol–water partition coefficient (Wildman–Crippen LogP) is 2.05. The number of pyridine rings is 2. The van der Waals surface area contributed by atoms with Crippen LogP contribution in [0.15, 0.2) is 47.3 Å². The molecule has 0 unspecified atom stereocenters. The number of halogens is 1. The number of nitrogens with one attached hydrogen (secondary N) is 1. The molecule has 0 spiro atoms. The molecular formula is C13H12BrN3O2. The van der Waals surface area contributed by atoms with Gasteiger partial charge in [-0.15, -0.1) is 0 Å². The molecule has 2 aromatic rings. The Bertz CT molecular complexity index is 549. The van der Waals surface area contributed by atoms with Crippen molar-refractivity contribution >= 4 is 21.8 Å². The zero-order chi connectivity index (χ0) is 13.5. The minimum atomic E-state index is -0.234. The molecule has 1 amide bonds. The van der Waals surface area contributed by atoms with Crippen molar-refractivity contribution in [1.82, 2.24) is 15.3 Å². The summed E-state index contributed by atoms with van der Waals surface area (Å²) in [7, 11) is 0. The maximum atomic E-state index is 11.8. The van der Waals surface area contributed by atoms with E-state index in [0.29, 0.717) is 29.1 Å². The summed E-state index contributed by atoms with van der Waals surface area (Å²) in [5.41, 5.74) is 0.365.